The molecule has 0 aromatic heterocycles. The Morgan fingerprint density at radius 3 is 2.48 bits per heavy atom. The van der Waals surface area contributed by atoms with Crippen molar-refractivity contribution in [3.05, 3.63) is 0 Å². The number of carbonyl (C=O) groups is 2. The van der Waals surface area contributed by atoms with Gasteiger partial charge in [-0.15, -0.1) is 0 Å². The van der Waals surface area contributed by atoms with Gasteiger partial charge in [-0.1, -0.05) is 20.8 Å². The fraction of sp³-hybridized carbons (Fsp3) is 0.812. The standard InChI is InChI=1S/C16H29N3O4/c1-15(2,3)12(17-14(21)22)9-11-10-13(20)19(18-11)8-7-16(4,5)23-6/h12,17H,7-10H2,1-6H3,(H,21,22). The first-order chi connectivity index (χ1) is 10.4. The van der Waals surface area contributed by atoms with Gasteiger partial charge in [0.1, 0.15) is 0 Å². The number of nitrogens with zero attached hydrogens (tertiary/aromatic N) is 2. The third-order valence-corrected chi connectivity index (χ3v) is 4.17. The van der Waals surface area contributed by atoms with E-state index in [2.05, 4.69) is 10.4 Å². The molecular formula is C16H29N3O4. The normalized spacial score (nSPS) is 17.2. The molecule has 0 radical (unpaired) electrons. The molecule has 23 heavy (non-hydrogen) atoms. The molecule has 1 heterocycles. The minimum atomic E-state index is -1.06. The van der Waals surface area contributed by atoms with E-state index < -0.39 is 6.09 Å². The molecule has 1 rings (SSSR count). The number of carboxylic acid groups (broad SMARTS) is 1. The summed E-state index contributed by atoms with van der Waals surface area (Å²) in [6.07, 6.45) is 0.309. The van der Waals surface area contributed by atoms with Crippen molar-refractivity contribution in [3.63, 3.8) is 0 Å². The molecule has 0 bridgehead atoms. The summed E-state index contributed by atoms with van der Waals surface area (Å²) in [7, 11) is 1.64. The second kappa shape index (κ2) is 7.29. The lowest BCUT2D eigenvalue weighted by molar-refractivity contribution is -0.129. The topological polar surface area (TPSA) is 91.2 Å². The molecule has 1 aliphatic rings. The molecule has 1 atom stereocenters. The second-order valence-corrected chi connectivity index (χ2v) is 7.65. The van der Waals surface area contributed by atoms with E-state index in [0.29, 0.717) is 19.4 Å². The minimum Gasteiger partial charge on any atom is -0.465 e. The van der Waals surface area contributed by atoms with E-state index in [-0.39, 0.29) is 29.4 Å². The minimum absolute atomic E-state index is 0.0464. The first kappa shape index (κ1) is 19.4. The third-order valence-electron chi connectivity index (χ3n) is 4.17. The Morgan fingerprint density at radius 1 is 1.39 bits per heavy atom. The maximum absolute atomic E-state index is 12.1. The molecule has 0 aliphatic carbocycles. The van der Waals surface area contributed by atoms with Gasteiger partial charge < -0.3 is 15.2 Å². The maximum Gasteiger partial charge on any atom is 0.404 e. The number of methoxy groups -OCH3 is 1. The first-order valence-corrected chi connectivity index (χ1v) is 7.86. The Hall–Kier alpha value is -1.63. The largest absolute Gasteiger partial charge is 0.465 e. The van der Waals surface area contributed by atoms with E-state index in [1.807, 2.05) is 34.6 Å². The molecular weight excluding hydrogens is 298 g/mol. The van der Waals surface area contributed by atoms with E-state index in [0.717, 1.165) is 5.71 Å². The van der Waals surface area contributed by atoms with Gasteiger partial charge in [0, 0.05) is 26.1 Å². The van der Waals surface area contributed by atoms with Crippen LogP contribution in [0.2, 0.25) is 0 Å². The Morgan fingerprint density at radius 2 is 2.00 bits per heavy atom. The summed E-state index contributed by atoms with van der Waals surface area (Å²) >= 11 is 0. The molecule has 0 saturated heterocycles. The number of rotatable bonds is 7. The molecule has 1 aliphatic heterocycles. The van der Waals surface area contributed by atoms with E-state index in [1.165, 1.54) is 5.01 Å². The van der Waals surface area contributed by atoms with Gasteiger partial charge in [-0.25, -0.2) is 9.80 Å². The van der Waals surface area contributed by atoms with Crippen LogP contribution in [0, 0.1) is 5.41 Å². The van der Waals surface area contributed by atoms with Gasteiger partial charge in [0.25, 0.3) is 0 Å². The molecule has 0 fully saturated rings. The van der Waals surface area contributed by atoms with Crippen molar-refractivity contribution in [2.75, 3.05) is 13.7 Å². The SMILES string of the molecule is COC(C)(C)CCN1N=C(CC(NC(=O)O)C(C)(C)C)CC1=O. The number of amides is 2. The average molecular weight is 327 g/mol. The van der Waals surface area contributed by atoms with Crippen LogP contribution in [0.1, 0.15) is 53.9 Å². The number of hydrazone groups is 1. The van der Waals surface area contributed by atoms with Crippen LogP contribution in [0.25, 0.3) is 0 Å². The summed E-state index contributed by atoms with van der Waals surface area (Å²) in [5.41, 5.74) is 0.158. The second-order valence-electron chi connectivity index (χ2n) is 7.65. The molecule has 7 nitrogen and oxygen atoms in total. The van der Waals surface area contributed by atoms with Crippen molar-refractivity contribution in [1.29, 1.82) is 0 Å². The van der Waals surface area contributed by atoms with Crippen LogP contribution in [0.15, 0.2) is 5.10 Å². The zero-order valence-corrected chi connectivity index (χ0v) is 15.0. The molecule has 2 amide bonds. The molecule has 0 saturated carbocycles. The lowest BCUT2D eigenvalue weighted by Gasteiger charge is -2.30. The molecule has 0 aromatic carbocycles. The van der Waals surface area contributed by atoms with Crippen LogP contribution in [0.4, 0.5) is 4.79 Å². The molecule has 7 heteroatoms. The van der Waals surface area contributed by atoms with Crippen molar-refractivity contribution >= 4 is 17.7 Å². The van der Waals surface area contributed by atoms with Gasteiger partial charge in [-0.2, -0.15) is 5.10 Å². The lowest BCUT2D eigenvalue weighted by atomic mass is 9.83. The van der Waals surface area contributed by atoms with Gasteiger partial charge >= 0.3 is 6.09 Å². The summed E-state index contributed by atoms with van der Waals surface area (Å²) in [6.45, 7) is 10.3. The Bertz CT molecular complexity index is 480. The fourth-order valence-electron chi connectivity index (χ4n) is 2.25. The summed E-state index contributed by atoms with van der Waals surface area (Å²) in [4.78, 5) is 23.0. The van der Waals surface area contributed by atoms with Crippen molar-refractivity contribution in [2.45, 2.75) is 65.5 Å². The van der Waals surface area contributed by atoms with Crippen LogP contribution in [-0.2, 0) is 9.53 Å². The van der Waals surface area contributed by atoms with Crippen molar-refractivity contribution in [1.82, 2.24) is 10.3 Å². The number of carbonyl (C=O) groups excluding carboxylic acids is 1. The molecule has 0 spiro atoms. The number of nitrogens with one attached hydrogen (secondary N) is 1. The highest BCUT2D eigenvalue weighted by Crippen LogP contribution is 2.25. The quantitative estimate of drug-likeness (QED) is 0.751. The van der Waals surface area contributed by atoms with E-state index in [9.17, 15) is 9.59 Å². The van der Waals surface area contributed by atoms with Crippen LogP contribution in [0.3, 0.4) is 0 Å². The van der Waals surface area contributed by atoms with Crippen LogP contribution >= 0.6 is 0 Å². The molecule has 132 valence electrons. The number of hydrogen-bond acceptors (Lipinski definition) is 4. The highest BCUT2D eigenvalue weighted by Gasteiger charge is 2.32. The summed E-state index contributed by atoms with van der Waals surface area (Å²) in [5.74, 6) is -0.0464. The van der Waals surface area contributed by atoms with E-state index in [4.69, 9.17) is 9.84 Å². The van der Waals surface area contributed by atoms with Gasteiger partial charge in [0.05, 0.1) is 17.7 Å². The number of hydrogen-bond donors (Lipinski definition) is 2. The van der Waals surface area contributed by atoms with Crippen molar-refractivity contribution < 1.29 is 19.4 Å². The molecule has 1 unspecified atom stereocenters. The van der Waals surface area contributed by atoms with E-state index >= 15 is 0 Å². The summed E-state index contributed by atoms with van der Waals surface area (Å²) in [6, 6.07) is -0.290. The van der Waals surface area contributed by atoms with Crippen LogP contribution in [-0.4, -0.2) is 53.1 Å². The maximum atomic E-state index is 12.1. The fourth-order valence-corrected chi connectivity index (χ4v) is 2.25. The van der Waals surface area contributed by atoms with Crippen molar-refractivity contribution in [2.24, 2.45) is 10.5 Å². The highest BCUT2D eigenvalue weighted by atomic mass is 16.5. The zero-order valence-electron chi connectivity index (χ0n) is 15.0. The zero-order chi connectivity index (χ0) is 17.8. The lowest BCUT2D eigenvalue weighted by Crippen LogP contribution is -2.44. The van der Waals surface area contributed by atoms with Gasteiger partial charge in [0.15, 0.2) is 0 Å². The smallest absolute Gasteiger partial charge is 0.404 e. The molecule has 2 N–H and O–H groups in total. The monoisotopic (exact) mass is 327 g/mol. The Labute approximate surface area is 138 Å². The van der Waals surface area contributed by atoms with Crippen LogP contribution < -0.4 is 5.32 Å². The predicted molar refractivity (Wildman–Crippen MR) is 88.5 cm³/mol. The number of ether oxygens (including phenoxy) is 1. The summed E-state index contributed by atoms with van der Waals surface area (Å²) < 4.78 is 5.35. The van der Waals surface area contributed by atoms with E-state index in [1.54, 1.807) is 7.11 Å². The van der Waals surface area contributed by atoms with Gasteiger partial charge in [-0.3, -0.25) is 4.79 Å². The molecule has 0 aromatic rings. The van der Waals surface area contributed by atoms with Gasteiger partial charge in [-0.05, 0) is 25.7 Å². The third kappa shape index (κ3) is 6.17. The highest BCUT2D eigenvalue weighted by molar-refractivity contribution is 6.05. The average Bonchev–Trinajstić information content (AvgIpc) is 2.74. The van der Waals surface area contributed by atoms with Crippen LogP contribution in [0.5, 0.6) is 0 Å². The van der Waals surface area contributed by atoms with Gasteiger partial charge in [0.2, 0.25) is 5.91 Å². The first-order valence-electron chi connectivity index (χ1n) is 7.86. The predicted octanol–water partition coefficient (Wildman–Crippen LogP) is 2.46. The van der Waals surface area contributed by atoms with Crippen molar-refractivity contribution in [3.8, 4) is 0 Å². The summed E-state index contributed by atoms with van der Waals surface area (Å²) in [5, 5.41) is 17.4. The Kier molecular flexibility index (Phi) is 6.16. The Balaban J connectivity index is 2.71.